The van der Waals surface area contributed by atoms with Gasteiger partial charge in [-0.1, -0.05) is 34.1 Å². The lowest BCUT2D eigenvalue weighted by Crippen LogP contribution is -2.04. The Morgan fingerprint density at radius 3 is 2.41 bits per heavy atom. The van der Waals surface area contributed by atoms with E-state index >= 15 is 0 Å². The highest BCUT2D eigenvalue weighted by molar-refractivity contribution is 9.11. The zero-order chi connectivity index (χ0) is 15.5. The van der Waals surface area contributed by atoms with Crippen molar-refractivity contribution in [3.8, 4) is 11.5 Å². The molecule has 1 aliphatic rings. The lowest BCUT2D eigenvalue weighted by atomic mass is 9.87. The average molecular weight is 359 g/mol. The largest absolute Gasteiger partial charge is 0.497 e. The zero-order valence-electron chi connectivity index (χ0n) is 12.9. The third-order valence-electron chi connectivity index (χ3n) is 3.92. The van der Waals surface area contributed by atoms with Crippen LogP contribution in [0.1, 0.15) is 30.0 Å². The molecule has 114 valence electrons. The molecule has 0 saturated heterocycles. The van der Waals surface area contributed by atoms with Crippen molar-refractivity contribution in [3.05, 3.63) is 63.6 Å². The van der Waals surface area contributed by atoms with Crippen LogP contribution >= 0.6 is 15.9 Å². The van der Waals surface area contributed by atoms with Gasteiger partial charge >= 0.3 is 0 Å². The van der Waals surface area contributed by atoms with E-state index in [0.29, 0.717) is 6.61 Å². The number of fused-ring (bicyclic) bond motifs is 1. The summed E-state index contributed by atoms with van der Waals surface area (Å²) in [6.07, 6.45) is 2.05. The second kappa shape index (κ2) is 6.57. The fourth-order valence-electron chi connectivity index (χ4n) is 2.86. The Bertz CT molecular complexity index is 702. The van der Waals surface area contributed by atoms with Crippen LogP contribution in [0.2, 0.25) is 0 Å². The number of halogens is 1. The number of methoxy groups -OCH3 is 1. The van der Waals surface area contributed by atoms with E-state index in [-0.39, 0.29) is 0 Å². The van der Waals surface area contributed by atoms with Crippen LogP contribution in [0.5, 0.6) is 11.5 Å². The number of hydrogen-bond donors (Lipinski definition) is 0. The second-order valence-electron chi connectivity index (χ2n) is 5.26. The van der Waals surface area contributed by atoms with Gasteiger partial charge in [-0.25, -0.2) is 0 Å². The first-order chi connectivity index (χ1) is 10.7. The fourth-order valence-corrected chi connectivity index (χ4v) is 3.50. The fraction of sp³-hybridized carbons (Fsp3) is 0.263. The van der Waals surface area contributed by atoms with Crippen molar-refractivity contribution < 1.29 is 9.47 Å². The molecule has 22 heavy (non-hydrogen) atoms. The first kappa shape index (κ1) is 15.2. The Balaban J connectivity index is 2.02. The molecule has 1 aliphatic carbocycles. The topological polar surface area (TPSA) is 18.5 Å². The molecule has 0 saturated carbocycles. The highest BCUT2D eigenvalue weighted by atomic mass is 79.9. The molecular weight excluding hydrogens is 340 g/mol. The first-order valence-corrected chi connectivity index (χ1v) is 8.31. The highest BCUT2D eigenvalue weighted by Crippen LogP contribution is 2.40. The molecule has 0 atom stereocenters. The maximum atomic E-state index is 5.53. The maximum Gasteiger partial charge on any atom is 0.119 e. The van der Waals surface area contributed by atoms with Crippen molar-refractivity contribution in [2.75, 3.05) is 13.7 Å². The number of rotatable bonds is 4. The van der Waals surface area contributed by atoms with Crippen molar-refractivity contribution in [2.45, 2.75) is 19.8 Å². The van der Waals surface area contributed by atoms with Gasteiger partial charge in [0.25, 0.3) is 0 Å². The predicted octanol–water partition coefficient (Wildman–Crippen LogP) is 5.19. The van der Waals surface area contributed by atoms with Gasteiger partial charge < -0.3 is 9.47 Å². The molecule has 0 bridgehead atoms. The van der Waals surface area contributed by atoms with Crippen LogP contribution in [0.3, 0.4) is 0 Å². The standard InChI is InChI=1S/C19H19BrO2/c1-3-22-15-7-4-13(5-8-15)19-17-10-9-16(21-2)12-14(17)6-11-18(19)20/h4-5,7-10,12H,3,6,11H2,1-2H3. The van der Waals surface area contributed by atoms with Gasteiger partial charge in [0.2, 0.25) is 0 Å². The molecule has 3 rings (SSSR count). The van der Waals surface area contributed by atoms with Crippen LogP contribution in [-0.2, 0) is 6.42 Å². The number of aryl methyl sites for hydroxylation is 1. The Hall–Kier alpha value is -1.74. The van der Waals surface area contributed by atoms with Crippen molar-refractivity contribution in [1.29, 1.82) is 0 Å². The SMILES string of the molecule is CCOc1ccc(C2=C(Br)CCc3cc(OC)ccc32)cc1. The molecule has 2 nitrogen and oxygen atoms in total. The van der Waals surface area contributed by atoms with E-state index in [1.165, 1.54) is 26.7 Å². The summed E-state index contributed by atoms with van der Waals surface area (Å²) < 4.78 is 12.1. The van der Waals surface area contributed by atoms with E-state index in [1.807, 2.05) is 25.1 Å². The van der Waals surface area contributed by atoms with Crippen molar-refractivity contribution in [2.24, 2.45) is 0 Å². The molecule has 2 aromatic rings. The number of benzene rings is 2. The van der Waals surface area contributed by atoms with Crippen LogP contribution < -0.4 is 9.47 Å². The summed E-state index contributed by atoms with van der Waals surface area (Å²) in [5.41, 5.74) is 5.10. The van der Waals surface area contributed by atoms with Gasteiger partial charge in [-0.15, -0.1) is 0 Å². The Morgan fingerprint density at radius 2 is 1.73 bits per heavy atom. The molecule has 0 aromatic heterocycles. The molecule has 0 unspecified atom stereocenters. The molecule has 0 radical (unpaired) electrons. The van der Waals surface area contributed by atoms with Gasteiger partial charge in [-0.2, -0.15) is 0 Å². The summed E-state index contributed by atoms with van der Waals surface area (Å²) in [4.78, 5) is 0. The molecule has 0 aliphatic heterocycles. The minimum absolute atomic E-state index is 0.689. The van der Waals surface area contributed by atoms with Crippen molar-refractivity contribution in [3.63, 3.8) is 0 Å². The second-order valence-corrected chi connectivity index (χ2v) is 6.22. The molecule has 0 spiro atoms. The zero-order valence-corrected chi connectivity index (χ0v) is 14.4. The van der Waals surface area contributed by atoms with Crippen LogP contribution in [0.15, 0.2) is 46.9 Å². The minimum Gasteiger partial charge on any atom is -0.497 e. The summed E-state index contributed by atoms with van der Waals surface area (Å²) in [6.45, 7) is 2.69. The summed E-state index contributed by atoms with van der Waals surface area (Å²) in [6, 6.07) is 14.6. The third kappa shape index (κ3) is 2.91. The molecule has 0 N–H and O–H groups in total. The molecule has 3 heteroatoms. The maximum absolute atomic E-state index is 5.53. The van der Waals surface area contributed by atoms with Gasteiger partial charge in [-0.3, -0.25) is 0 Å². The van der Waals surface area contributed by atoms with Crippen LogP contribution in [0.25, 0.3) is 5.57 Å². The monoisotopic (exact) mass is 358 g/mol. The molecule has 0 heterocycles. The molecular formula is C19H19BrO2. The Morgan fingerprint density at radius 1 is 1.00 bits per heavy atom. The van der Waals surface area contributed by atoms with Crippen LogP contribution in [0, 0.1) is 0 Å². The quantitative estimate of drug-likeness (QED) is 0.748. The first-order valence-electron chi connectivity index (χ1n) is 7.52. The van der Waals surface area contributed by atoms with E-state index in [0.717, 1.165) is 24.3 Å². The predicted molar refractivity (Wildman–Crippen MR) is 93.9 cm³/mol. The minimum atomic E-state index is 0.689. The Kier molecular flexibility index (Phi) is 4.53. The van der Waals surface area contributed by atoms with Gasteiger partial charge in [0, 0.05) is 4.48 Å². The van der Waals surface area contributed by atoms with Gasteiger partial charge in [-0.05, 0) is 66.3 Å². The van der Waals surface area contributed by atoms with Crippen LogP contribution in [0.4, 0.5) is 0 Å². The summed E-state index contributed by atoms with van der Waals surface area (Å²) in [5.74, 6) is 1.83. The van der Waals surface area contributed by atoms with Crippen LogP contribution in [-0.4, -0.2) is 13.7 Å². The number of allylic oxidation sites excluding steroid dienone is 1. The summed E-state index contributed by atoms with van der Waals surface area (Å²) in [7, 11) is 1.71. The van der Waals surface area contributed by atoms with Gasteiger partial charge in [0.1, 0.15) is 11.5 Å². The van der Waals surface area contributed by atoms with E-state index < -0.39 is 0 Å². The normalized spacial score (nSPS) is 13.8. The molecule has 2 aromatic carbocycles. The summed E-state index contributed by atoms with van der Waals surface area (Å²) >= 11 is 3.76. The summed E-state index contributed by atoms with van der Waals surface area (Å²) in [5, 5.41) is 0. The number of hydrogen-bond acceptors (Lipinski definition) is 2. The van der Waals surface area contributed by atoms with E-state index in [2.05, 4.69) is 40.2 Å². The van der Waals surface area contributed by atoms with Crippen molar-refractivity contribution in [1.82, 2.24) is 0 Å². The van der Waals surface area contributed by atoms with Crippen molar-refractivity contribution >= 4 is 21.5 Å². The van der Waals surface area contributed by atoms with Gasteiger partial charge in [0.15, 0.2) is 0 Å². The molecule has 0 fully saturated rings. The third-order valence-corrected chi connectivity index (χ3v) is 4.71. The van der Waals surface area contributed by atoms with E-state index in [9.17, 15) is 0 Å². The average Bonchev–Trinajstić information content (AvgIpc) is 2.56. The number of ether oxygens (including phenoxy) is 2. The lowest BCUT2D eigenvalue weighted by molar-refractivity contribution is 0.340. The van der Waals surface area contributed by atoms with Gasteiger partial charge in [0.05, 0.1) is 13.7 Å². The Labute approximate surface area is 139 Å². The van der Waals surface area contributed by atoms with E-state index in [1.54, 1.807) is 7.11 Å². The molecule has 0 amide bonds. The highest BCUT2D eigenvalue weighted by Gasteiger charge is 2.19. The lowest BCUT2D eigenvalue weighted by Gasteiger charge is -2.22. The van der Waals surface area contributed by atoms with E-state index in [4.69, 9.17) is 9.47 Å². The smallest absolute Gasteiger partial charge is 0.119 e.